The first-order chi connectivity index (χ1) is 15.2. The van der Waals surface area contributed by atoms with Gasteiger partial charge in [-0.25, -0.2) is 4.99 Å². The third-order valence-electron chi connectivity index (χ3n) is 5.20. The quantitative estimate of drug-likeness (QED) is 0.374. The molecule has 0 aromatic heterocycles. The minimum atomic E-state index is -3.87. The maximum atomic E-state index is 14.3. The number of aliphatic imine (C=N–C) groups is 2. The fourth-order valence-electron chi connectivity index (χ4n) is 3.59. The molecule has 1 aromatic carbocycles. The number of piperidine rings is 1. The molecule has 1 aromatic rings. The summed E-state index contributed by atoms with van der Waals surface area (Å²) in [5, 5.41) is 4.39. The number of nitrogens with zero attached hydrogens (tertiary/aromatic N) is 3. The Balaban J connectivity index is 1.68. The van der Waals surface area contributed by atoms with Gasteiger partial charge >= 0.3 is 5.92 Å². The number of hydrogen-bond donors (Lipinski definition) is 2. The van der Waals surface area contributed by atoms with Crippen molar-refractivity contribution in [2.75, 3.05) is 0 Å². The molecule has 1 unspecified atom stereocenters. The summed E-state index contributed by atoms with van der Waals surface area (Å²) in [4.78, 5) is 56.3. The highest BCUT2D eigenvalue weighted by atomic mass is 19.3. The van der Waals surface area contributed by atoms with E-state index in [1.54, 1.807) is 12.1 Å². The number of nitrogens with one attached hydrogen (secondary N) is 2. The van der Waals surface area contributed by atoms with E-state index in [0.29, 0.717) is 16.7 Å². The fourth-order valence-corrected chi connectivity index (χ4v) is 3.59. The van der Waals surface area contributed by atoms with Crippen molar-refractivity contribution in [3.63, 3.8) is 0 Å². The van der Waals surface area contributed by atoms with E-state index in [0.717, 1.165) is 12.4 Å². The van der Waals surface area contributed by atoms with Crippen LogP contribution in [0.15, 0.2) is 40.0 Å². The topological polar surface area (TPSA) is 120 Å². The molecule has 0 spiro atoms. The SMILES string of the molecule is C=N/C=N\C(=C/C)C(F)(F)C(=O)NCc1ccc2c(c1)CN(C1CCC(=O)NC1=O)C2=O. The van der Waals surface area contributed by atoms with Crippen molar-refractivity contribution in [1.82, 2.24) is 15.5 Å². The van der Waals surface area contributed by atoms with Gasteiger partial charge in [0.15, 0.2) is 0 Å². The molecule has 2 aliphatic rings. The largest absolute Gasteiger partial charge is 0.365 e. The van der Waals surface area contributed by atoms with E-state index in [-0.39, 0.29) is 37.7 Å². The minimum absolute atomic E-state index is 0.142. The molecule has 0 bridgehead atoms. The molecule has 2 heterocycles. The average molecular weight is 445 g/mol. The summed E-state index contributed by atoms with van der Waals surface area (Å²) in [7, 11) is 0. The molecule has 9 nitrogen and oxygen atoms in total. The summed E-state index contributed by atoms with van der Waals surface area (Å²) in [5.41, 5.74) is 0.734. The Kier molecular flexibility index (Phi) is 6.56. The highest BCUT2D eigenvalue weighted by molar-refractivity contribution is 6.05. The number of alkyl halides is 2. The van der Waals surface area contributed by atoms with Crippen LogP contribution in [-0.4, -0.2) is 53.5 Å². The zero-order chi connectivity index (χ0) is 23.5. The first-order valence-corrected chi connectivity index (χ1v) is 9.76. The molecule has 32 heavy (non-hydrogen) atoms. The first kappa shape index (κ1) is 22.9. The van der Waals surface area contributed by atoms with Gasteiger partial charge in [0, 0.05) is 25.1 Å². The van der Waals surface area contributed by atoms with Gasteiger partial charge in [-0.1, -0.05) is 18.2 Å². The molecule has 168 valence electrons. The summed E-state index contributed by atoms with van der Waals surface area (Å²) >= 11 is 0. The Morgan fingerprint density at radius 3 is 2.78 bits per heavy atom. The second-order valence-electron chi connectivity index (χ2n) is 7.25. The maximum absolute atomic E-state index is 14.3. The van der Waals surface area contributed by atoms with Crippen LogP contribution in [-0.2, 0) is 27.5 Å². The van der Waals surface area contributed by atoms with Crippen LogP contribution in [0, 0.1) is 0 Å². The molecule has 2 N–H and O–H groups in total. The molecule has 0 radical (unpaired) electrons. The number of halogens is 2. The molecule has 4 amide bonds. The van der Waals surface area contributed by atoms with Crippen LogP contribution in [0.5, 0.6) is 0 Å². The predicted octanol–water partition coefficient (Wildman–Crippen LogP) is 1.33. The Hall–Kier alpha value is -3.76. The lowest BCUT2D eigenvalue weighted by Gasteiger charge is -2.29. The number of imide groups is 1. The van der Waals surface area contributed by atoms with Gasteiger partial charge in [-0.3, -0.25) is 29.5 Å². The molecule has 11 heteroatoms. The Labute approximate surface area is 182 Å². The van der Waals surface area contributed by atoms with E-state index in [9.17, 15) is 28.0 Å². The molecule has 1 fully saturated rings. The van der Waals surface area contributed by atoms with Crippen molar-refractivity contribution < 1.29 is 28.0 Å². The molecule has 2 aliphatic heterocycles. The molecular formula is C21H21F2N5O4. The Morgan fingerprint density at radius 2 is 2.12 bits per heavy atom. The van der Waals surface area contributed by atoms with Crippen LogP contribution in [0.2, 0.25) is 0 Å². The van der Waals surface area contributed by atoms with Crippen molar-refractivity contribution in [1.29, 1.82) is 0 Å². The number of carbonyl (C=O) groups is 4. The lowest BCUT2D eigenvalue weighted by atomic mass is 10.0. The van der Waals surface area contributed by atoms with Crippen LogP contribution in [0.3, 0.4) is 0 Å². The predicted molar refractivity (Wildman–Crippen MR) is 111 cm³/mol. The van der Waals surface area contributed by atoms with E-state index in [1.807, 2.05) is 0 Å². The van der Waals surface area contributed by atoms with E-state index in [4.69, 9.17) is 0 Å². The highest BCUT2D eigenvalue weighted by Gasteiger charge is 2.43. The van der Waals surface area contributed by atoms with Crippen molar-refractivity contribution >= 4 is 36.7 Å². The van der Waals surface area contributed by atoms with Crippen LogP contribution in [0.25, 0.3) is 0 Å². The van der Waals surface area contributed by atoms with Gasteiger partial charge in [0.05, 0.1) is 0 Å². The van der Waals surface area contributed by atoms with Gasteiger partial charge < -0.3 is 10.2 Å². The molecule has 1 saturated heterocycles. The standard InChI is InChI=1S/C21H21F2N5O4/c1-3-16(26-11-24-2)21(22,23)20(32)25-9-12-4-5-14-13(8-12)10-28(19(14)31)15-6-7-17(29)27-18(15)30/h3-5,8,11,15H,2,6-7,9-10H2,1H3,(H,25,32)(H,27,29,30)/b16-3-,26-11-. The second kappa shape index (κ2) is 9.16. The highest BCUT2D eigenvalue weighted by Crippen LogP contribution is 2.29. The molecular weight excluding hydrogens is 424 g/mol. The fraction of sp³-hybridized carbons (Fsp3) is 0.333. The van der Waals surface area contributed by atoms with Crippen LogP contribution in [0.1, 0.15) is 41.3 Å². The molecule has 1 atom stereocenters. The smallest absolute Gasteiger partial charge is 0.346 e. The van der Waals surface area contributed by atoms with Crippen LogP contribution in [0.4, 0.5) is 8.78 Å². The van der Waals surface area contributed by atoms with Gasteiger partial charge in [-0.15, -0.1) is 0 Å². The summed E-state index contributed by atoms with van der Waals surface area (Å²) in [6, 6.07) is 3.94. The van der Waals surface area contributed by atoms with Gasteiger partial charge in [0.25, 0.3) is 11.8 Å². The second-order valence-corrected chi connectivity index (χ2v) is 7.25. The van der Waals surface area contributed by atoms with E-state index >= 15 is 0 Å². The van der Waals surface area contributed by atoms with Gasteiger partial charge in [0.1, 0.15) is 18.1 Å². The summed E-state index contributed by atoms with van der Waals surface area (Å²) in [6.07, 6.45) is 2.21. The monoisotopic (exact) mass is 445 g/mol. The van der Waals surface area contributed by atoms with Gasteiger partial charge in [-0.2, -0.15) is 8.78 Å². The third kappa shape index (κ3) is 4.46. The lowest BCUT2D eigenvalue weighted by molar-refractivity contribution is -0.141. The summed E-state index contributed by atoms with van der Waals surface area (Å²) in [5.74, 6) is -6.65. The summed E-state index contributed by atoms with van der Waals surface area (Å²) < 4.78 is 28.7. The number of rotatable bonds is 7. The zero-order valence-electron chi connectivity index (χ0n) is 17.2. The minimum Gasteiger partial charge on any atom is -0.346 e. The van der Waals surface area contributed by atoms with Crippen LogP contribution >= 0.6 is 0 Å². The number of fused-ring (bicyclic) bond motifs is 1. The number of hydrogen-bond acceptors (Lipinski definition) is 5. The maximum Gasteiger partial charge on any atom is 0.365 e. The zero-order valence-corrected chi connectivity index (χ0v) is 17.2. The van der Waals surface area contributed by atoms with Crippen molar-refractivity contribution in [2.24, 2.45) is 9.98 Å². The number of allylic oxidation sites excluding steroid dienone is 1. The summed E-state index contributed by atoms with van der Waals surface area (Å²) in [6.45, 7) is 4.38. The number of carbonyl (C=O) groups excluding carboxylic acids is 4. The third-order valence-corrected chi connectivity index (χ3v) is 5.20. The first-order valence-electron chi connectivity index (χ1n) is 9.76. The van der Waals surface area contributed by atoms with Crippen LogP contribution < -0.4 is 10.6 Å². The van der Waals surface area contributed by atoms with E-state index < -0.39 is 29.5 Å². The normalized spacial score (nSPS) is 19.2. The Morgan fingerprint density at radius 1 is 1.38 bits per heavy atom. The average Bonchev–Trinajstić information content (AvgIpc) is 3.08. The van der Waals surface area contributed by atoms with Crippen molar-refractivity contribution in [3.8, 4) is 0 Å². The van der Waals surface area contributed by atoms with E-state index in [1.165, 1.54) is 17.9 Å². The molecule has 0 aliphatic carbocycles. The van der Waals surface area contributed by atoms with Gasteiger partial charge in [0.2, 0.25) is 11.8 Å². The Bertz CT molecular complexity index is 1050. The molecule has 3 rings (SSSR count). The van der Waals surface area contributed by atoms with Gasteiger partial charge in [-0.05, 0) is 37.3 Å². The lowest BCUT2D eigenvalue weighted by Crippen LogP contribution is -2.52. The van der Waals surface area contributed by atoms with Crippen molar-refractivity contribution in [3.05, 3.63) is 46.7 Å². The van der Waals surface area contributed by atoms with Crippen molar-refractivity contribution in [2.45, 2.75) is 44.8 Å². The number of benzene rings is 1. The number of amides is 4. The molecule has 0 saturated carbocycles. The van der Waals surface area contributed by atoms with E-state index in [2.05, 4.69) is 27.3 Å².